The van der Waals surface area contributed by atoms with Gasteiger partial charge in [0.15, 0.2) is 5.69 Å². The Labute approximate surface area is 196 Å². The number of carbonyl (C=O) groups is 1. The monoisotopic (exact) mass is 447 g/mol. The van der Waals surface area contributed by atoms with Crippen LogP contribution in [0.2, 0.25) is 0 Å². The number of oxazole rings is 1. The van der Waals surface area contributed by atoms with Gasteiger partial charge in [-0.25, -0.2) is 4.98 Å². The number of aromatic nitrogens is 1. The van der Waals surface area contributed by atoms with Gasteiger partial charge in [-0.2, -0.15) is 0 Å². The molecule has 3 aromatic rings. The van der Waals surface area contributed by atoms with E-state index in [9.17, 15) is 4.79 Å². The van der Waals surface area contributed by atoms with Gasteiger partial charge in [0.1, 0.15) is 6.26 Å². The van der Waals surface area contributed by atoms with Gasteiger partial charge in [-0.1, -0.05) is 54.1 Å². The first kappa shape index (κ1) is 23.2. The summed E-state index contributed by atoms with van der Waals surface area (Å²) in [6, 6.07) is 17.1. The molecule has 0 radical (unpaired) electrons. The average molecular weight is 448 g/mol. The number of aryl methyl sites for hydroxylation is 2. The zero-order valence-electron chi connectivity index (χ0n) is 19.7. The van der Waals surface area contributed by atoms with Crippen molar-refractivity contribution in [1.29, 1.82) is 0 Å². The lowest BCUT2D eigenvalue weighted by atomic mass is 10.0. The molecule has 1 aliphatic rings. The molecule has 4 rings (SSSR count). The van der Waals surface area contributed by atoms with E-state index in [0.29, 0.717) is 24.7 Å². The Hall–Kier alpha value is -2.96. The van der Waals surface area contributed by atoms with Crippen LogP contribution in [0.3, 0.4) is 0 Å². The van der Waals surface area contributed by atoms with Crippen molar-refractivity contribution in [3.63, 3.8) is 0 Å². The van der Waals surface area contributed by atoms with Crippen molar-refractivity contribution >= 4 is 5.91 Å². The second-order valence-electron chi connectivity index (χ2n) is 8.89. The first-order valence-electron chi connectivity index (χ1n) is 11.7. The highest BCUT2D eigenvalue weighted by Gasteiger charge is 2.22. The van der Waals surface area contributed by atoms with Gasteiger partial charge >= 0.3 is 0 Å². The molecule has 0 aliphatic carbocycles. The summed E-state index contributed by atoms with van der Waals surface area (Å²) >= 11 is 0. The van der Waals surface area contributed by atoms with Gasteiger partial charge in [0, 0.05) is 25.7 Å². The van der Waals surface area contributed by atoms with Crippen molar-refractivity contribution in [2.75, 3.05) is 13.2 Å². The number of hydrogen-bond donors (Lipinski definition) is 1. The number of benzene rings is 2. The fourth-order valence-electron chi connectivity index (χ4n) is 4.23. The Morgan fingerprint density at radius 1 is 1.18 bits per heavy atom. The molecule has 174 valence electrons. The van der Waals surface area contributed by atoms with E-state index in [0.717, 1.165) is 26.0 Å². The highest BCUT2D eigenvalue weighted by Crippen LogP contribution is 2.26. The minimum Gasteiger partial charge on any atom is -0.447 e. The number of amides is 1. The second-order valence-corrected chi connectivity index (χ2v) is 8.89. The molecule has 1 saturated heterocycles. The van der Waals surface area contributed by atoms with Gasteiger partial charge in [-0.3, -0.25) is 9.69 Å². The van der Waals surface area contributed by atoms with Gasteiger partial charge in [0.05, 0.1) is 12.6 Å². The molecule has 0 saturated carbocycles. The molecule has 33 heavy (non-hydrogen) atoms. The Bertz CT molecular complexity index is 1060. The molecule has 1 aliphatic heterocycles. The molecule has 6 nitrogen and oxygen atoms in total. The third kappa shape index (κ3) is 6.09. The second kappa shape index (κ2) is 10.8. The van der Waals surface area contributed by atoms with Gasteiger partial charge in [-0.15, -0.1) is 0 Å². The summed E-state index contributed by atoms with van der Waals surface area (Å²) in [7, 11) is 0. The molecule has 0 unspecified atom stereocenters. The van der Waals surface area contributed by atoms with Gasteiger partial charge in [-0.05, 0) is 50.3 Å². The molecule has 0 spiro atoms. The van der Waals surface area contributed by atoms with E-state index in [1.807, 2.05) is 6.07 Å². The maximum atomic E-state index is 12.5. The molecule has 2 heterocycles. The maximum absolute atomic E-state index is 12.5. The van der Waals surface area contributed by atoms with E-state index in [-0.39, 0.29) is 18.1 Å². The van der Waals surface area contributed by atoms with Crippen molar-refractivity contribution < 1.29 is 13.9 Å². The molecule has 1 amide bonds. The van der Waals surface area contributed by atoms with Crippen LogP contribution in [-0.4, -0.2) is 35.0 Å². The number of rotatable bonds is 9. The van der Waals surface area contributed by atoms with Crippen molar-refractivity contribution in [2.45, 2.75) is 58.8 Å². The molecule has 2 aromatic carbocycles. The molecular weight excluding hydrogens is 414 g/mol. The predicted octanol–water partition coefficient (Wildman–Crippen LogP) is 4.96. The first-order valence-corrected chi connectivity index (χ1v) is 11.7. The molecule has 1 aromatic heterocycles. The molecule has 2 atom stereocenters. The number of hydrogen-bond acceptors (Lipinski definition) is 5. The number of carbonyl (C=O) groups excluding carboxylic acids is 1. The predicted molar refractivity (Wildman–Crippen MR) is 128 cm³/mol. The van der Waals surface area contributed by atoms with E-state index in [4.69, 9.17) is 9.15 Å². The van der Waals surface area contributed by atoms with Crippen LogP contribution in [0.15, 0.2) is 59.2 Å². The van der Waals surface area contributed by atoms with Gasteiger partial charge < -0.3 is 14.5 Å². The lowest BCUT2D eigenvalue weighted by molar-refractivity contribution is 0.0853. The standard InChI is InChI=1S/C27H33N3O3/c1-19-11-12-20(2)23(14-19)16-30(21(3)22-8-5-4-6-9-22)17-26-29-25(18-33-26)27(31)28-15-24-10-7-13-32-24/h4-6,8-9,11-12,14,18,21,24H,7,10,13,15-17H2,1-3H3,(H,28,31)/t21-,24+/m1/s1. The van der Waals surface area contributed by atoms with Crippen LogP contribution in [0, 0.1) is 13.8 Å². The Morgan fingerprint density at radius 2 is 2.00 bits per heavy atom. The summed E-state index contributed by atoms with van der Waals surface area (Å²) in [6.45, 7) is 8.98. The van der Waals surface area contributed by atoms with Crippen molar-refractivity contribution in [3.8, 4) is 0 Å². The largest absolute Gasteiger partial charge is 0.447 e. The van der Waals surface area contributed by atoms with Gasteiger partial charge in [0.2, 0.25) is 5.89 Å². The fraction of sp³-hybridized carbons (Fsp3) is 0.407. The normalized spacial score (nSPS) is 16.8. The minimum absolute atomic E-state index is 0.0973. The SMILES string of the molecule is Cc1ccc(C)c(CN(Cc2nc(C(=O)NC[C@@H]3CCCO3)co2)[C@H](C)c2ccccc2)c1. The maximum Gasteiger partial charge on any atom is 0.273 e. The summed E-state index contributed by atoms with van der Waals surface area (Å²) in [5, 5.41) is 2.91. The quantitative estimate of drug-likeness (QED) is 0.502. The van der Waals surface area contributed by atoms with E-state index < -0.39 is 0 Å². The van der Waals surface area contributed by atoms with E-state index in [1.165, 1.54) is 28.5 Å². The third-order valence-corrected chi connectivity index (χ3v) is 6.34. The molecule has 1 fully saturated rings. The highest BCUT2D eigenvalue weighted by atomic mass is 16.5. The van der Waals surface area contributed by atoms with Crippen molar-refractivity contribution in [2.24, 2.45) is 0 Å². The number of ether oxygens (including phenoxy) is 1. The van der Waals surface area contributed by atoms with Crippen LogP contribution >= 0.6 is 0 Å². The third-order valence-electron chi connectivity index (χ3n) is 6.34. The molecule has 6 heteroatoms. The summed E-state index contributed by atoms with van der Waals surface area (Å²) in [5.74, 6) is 0.308. The fourth-order valence-corrected chi connectivity index (χ4v) is 4.23. The smallest absolute Gasteiger partial charge is 0.273 e. The van der Waals surface area contributed by atoms with Gasteiger partial charge in [0.25, 0.3) is 5.91 Å². The zero-order valence-corrected chi connectivity index (χ0v) is 19.7. The van der Waals surface area contributed by atoms with E-state index in [2.05, 4.69) is 78.4 Å². The molecule has 0 bridgehead atoms. The summed E-state index contributed by atoms with van der Waals surface area (Å²) in [4.78, 5) is 19.3. The highest BCUT2D eigenvalue weighted by molar-refractivity contribution is 5.91. The molecular formula is C27H33N3O3. The Kier molecular flexibility index (Phi) is 7.57. The summed E-state index contributed by atoms with van der Waals surface area (Å²) in [6.07, 6.45) is 3.57. The summed E-state index contributed by atoms with van der Waals surface area (Å²) in [5.41, 5.74) is 5.31. The summed E-state index contributed by atoms with van der Waals surface area (Å²) < 4.78 is 11.3. The topological polar surface area (TPSA) is 67.6 Å². The first-order chi connectivity index (χ1) is 16.0. The lowest BCUT2D eigenvalue weighted by Gasteiger charge is -2.29. The minimum atomic E-state index is -0.224. The zero-order chi connectivity index (χ0) is 23.2. The Morgan fingerprint density at radius 3 is 2.76 bits per heavy atom. The van der Waals surface area contributed by atoms with Crippen LogP contribution in [0.4, 0.5) is 0 Å². The molecule has 1 N–H and O–H groups in total. The lowest BCUT2D eigenvalue weighted by Crippen LogP contribution is -2.32. The van der Waals surface area contributed by atoms with Crippen LogP contribution in [-0.2, 0) is 17.8 Å². The number of nitrogens with zero attached hydrogens (tertiary/aromatic N) is 2. The van der Waals surface area contributed by atoms with E-state index >= 15 is 0 Å². The van der Waals surface area contributed by atoms with Crippen LogP contribution < -0.4 is 5.32 Å². The number of nitrogens with one attached hydrogen (secondary N) is 1. The van der Waals surface area contributed by atoms with Crippen LogP contribution in [0.25, 0.3) is 0 Å². The van der Waals surface area contributed by atoms with Crippen LogP contribution in [0.5, 0.6) is 0 Å². The van der Waals surface area contributed by atoms with E-state index in [1.54, 1.807) is 0 Å². The Balaban J connectivity index is 1.49. The van der Waals surface area contributed by atoms with Crippen molar-refractivity contribution in [1.82, 2.24) is 15.2 Å². The van der Waals surface area contributed by atoms with Crippen LogP contribution in [0.1, 0.15) is 64.4 Å². The van der Waals surface area contributed by atoms with Crippen molar-refractivity contribution in [3.05, 3.63) is 88.6 Å². The average Bonchev–Trinajstić information content (AvgIpc) is 3.52.